The second-order valence-corrected chi connectivity index (χ2v) is 4.04. The van der Waals surface area contributed by atoms with E-state index >= 15 is 0 Å². The van der Waals surface area contributed by atoms with Gasteiger partial charge in [0.25, 0.3) is 0 Å². The van der Waals surface area contributed by atoms with Crippen molar-refractivity contribution in [1.82, 2.24) is 15.2 Å². The SMILES string of the molecule is COCCNc1nc2ccccc2c2c[nH]nc12. The maximum atomic E-state index is 5.03. The molecular weight excluding hydrogens is 228 g/mol. The summed E-state index contributed by atoms with van der Waals surface area (Å²) in [5.41, 5.74) is 1.83. The number of nitrogens with one attached hydrogen (secondary N) is 2. The number of ether oxygens (including phenoxy) is 1. The molecule has 3 aromatic rings. The Kier molecular flexibility index (Phi) is 2.82. The van der Waals surface area contributed by atoms with Gasteiger partial charge in [-0.15, -0.1) is 0 Å². The van der Waals surface area contributed by atoms with Gasteiger partial charge < -0.3 is 10.1 Å². The first-order valence-electron chi connectivity index (χ1n) is 5.85. The van der Waals surface area contributed by atoms with Gasteiger partial charge >= 0.3 is 0 Å². The number of aromatic amines is 1. The van der Waals surface area contributed by atoms with Gasteiger partial charge in [-0.3, -0.25) is 5.10 Å². The molecule has 0 atom stereocenters. The van der Waals surface area contributed by atoms with E-state index in [1.54, 1.807) is 7.11 Å². The molecule has 0 amide bonds. The molecule has 0 radical (unpaired) electrons. The van der Waals surface area contributed by atoms with Crippen LogP contribution in [0.25, 0.3) is 21.8 Å². The van der Waals surface area contributed by atoms with Crippen molar-refractivity contribution >= 4 is 27.6 Å². The quantitative estimate of drug-likeness (QED) is 0.688. The summed E-state index contributed by atoms with van der Waals surface area (Å²) in [5.74, 6) is 0.794. The molecule has 92 valence electrons. The molecule has 0 fully saturated rings. The Balaban J connectivity index is 2.13. The third-order valence-electron chi connectivity index (χ3n) is 2.89. The number of rotatable bonds is 4. The molecule has 0 spiro atoms. The smallest absolute Gasteiger partial charge is 0.155 e. The molecule has 0 aliphatic heterocycles. The number of para-hydroxylation sites is 1. The number of hydrogen-bond donors (Lipinski definition) is 2. The first-order valence-corrected chi connectivity index (χ1v) is 5.85. The molecule has 0 saturated heterocycles. The van der Waals surface area contributed by atoms with Crippen LogP contribution in [-0.4, -0.2) is 35.4 Å². The highest BCUT2D eigenvalue weighted by Gasteiger charge is 2.09. The molecule has 18 heavy (non-hydrogen) atoms. The molecule has 0 bridgehead atoms. The molecule has 5 nitrogen and oxygen atoms in total. The molecule has 0 unspecified atom stereocenters. The second kappa shape index (κ2) is 4.62. The fourth-order valence-electron chi connectivity index (χ4n) is 2.04. The van der Waals surface area contributed by atoms with E-state index in [0.29, 0.717) is 13.2 Å². The summed E-state index contributed by atoms with van der Waals surface area (Å²) in [5, 5.41) is 12.6. The van der Waals surface area contributed by atoms with Gasteiger partial charge in [0, 0.05) is 30.6 Å². The van der Waals surface area contributed by atoms with E-state index in [-0.39, 0.29) is 0 Å². The fourth-order valence-corrected chi connectivity index (χ4v) is 2.04. The average molecular weight is 242 g/mol. The van der Waals surface area contributed by atoms with Crippen molar-refractivity contribution in [1.29, 1.82) is 0 Å². The van der Waals surface area contributed by atoms with Gasteiger partial charge in [0.05, 0.1) is 12.1 Å². The number of pyridine rings is 1. The van der Waals surface area contributed by atoms with E-state index in [1.165, 1.54) is 0 Å². The normalized spacial score (nSPS) is 11.2. The van der Waals surface area contributed by atoms with Crippen LogP contribution in [0.5, 0.6) is 0 Å². The van der Waals surface area contributed by atoms with Gasteiger partial charge in [-0.25, -0.2) is 4.98 Å². The Morgan fingerprint density at radius 1 is 1.28 bits per heavy atom. The zero-order valence-electron chi connectivity index (χ0n) is 10.1. The van der Waals surface area contributed by atoms with E-state index in [2.05, 4.69) is 26.6 Å². The average Bonchev–Trinajstić information content (AvgIpc) is 2.89. The number of hydrogen-bond acceptors (Lipinski definition) is 4. The Hall–Kier alpha value is -2.14. The highest BCUT2D eigenvalue weighted by molar-refractivity contribution is 6.08. The number of fused-ring (bicyclic) bond motifs is 3. The Morgan fingerprint density at radius 2 is 2.17 bits per heavy atom. The lowest BCUT2D eigenvalue weighted by Crippen LogP contribution is -2.09. The van der Waals surface area contributed by atoms with Gasteiger partial charge in [-0.2, -0.15) is 5.10 Å². The molecule has 0 saturated carbocycles. The van der Waals surface area contributed by atoms with E-state index < -0.39 is 0 Å². The van der Waals surface area contributed by atoms with E-state index in [0.717, 1.165) is 27.6 Å². The van der Waals surface area contributed by atoms with Crippen molar-refractivity contribution in [3.8, 4) is 0 Å². The van der Waals surface area contributed by atoms with Gasteiger partial charge in [-0.05, 0) is 6.07 Å². The Bertz CT molecular complexity index is 677. The van der Waals surface area contributed by atoms with Crippen molar-refractivity contribution < 1.29 is 4.74 Å². The third kappa shape index (κ3) is 1.78. The maximum absolute atomic E-state index is 5.03. The molecular formula is C13H14N4O. The number of anilines is 1. The molecule has 2 N–H and O–H groups in total. The van der Waals surface area contributed by atoms with Crippen LogP contribution in [0.3, 0.4) is 0 Å². The summed E-state index contributed by atoms with van der Waals surface area (Å²) >= 11 is 0. The first kappa shape index (κ1) is 11.0. The minimum atomic E-state index is 0.639. The predicted octanol–water partition coefficient (Wildman–Crippen LogP) is 2.17. The summed E-state index contributed by atoms with van der Waals surface area (Å²) in [7, 11) is 1.68. The van der Waals surface area contributed by atoms with Crippen LogP contribution < -0.4 is 5.32 Å². The molecule has 1 aromatic carbocycles. The van der Waals surface area contributed by atoms with Gasteiger partial charge in [0.2, 0.25) is 0 Å². The predicted molar refractivity (Wildman–Crippen MR) is 71.8 cm³/mol. The largest absolute Gasteiger partial charge is 0.383 e. The van der Waals surface area contributed by atoms with Crippen molar-refractivity contribution in [3.05, 3.63) is 30.5 Å². The molecule has 5 heteroatoms. The lowest BCUT2D eigenvalue weighted by Gasteiger charge is -2.07. The summed E-state index contributed by atoms with van der Waals surface area (Å²) in [4.78, 5) is 4.60. The topological polar surface area (TPSA) is 62.8 Å². The highest BCUT2D eigenvalue weighted by atomic mass is 16.5. The molecule has 2 heterocycles. The van der Waals surface area contributed by atoms with Crippen LogP contribution in [0, 0.1) is 0 Å². The van der Waals surface area contributed by atoms with Gasteiger partial charge in [-0.1, -0.05) is 18.2 Å². The van der Waals surface area contributed by atoms with Crippen molar-refractivity contribution in [3.63, 3.8) is 0 Å². The van der Waals surface area contributed by atoms with E-state index in [4.69, 9.17) is 4.74 Å². The summed E-state index contributed by atoms with van der Waals surface area (Å²) in [6.45, 7) is 1.35. The lowest BCUT2D eigenvalue weighted by atomic mass is 10.1. The van der Waals surface area contributed by atoms with Crippen molar-refractivity contribution in [2.45, 2.75) is 0 Å². The van der Waals surface area contributed by atoms with Gasteiger partial charge in [0.1, 0.15) is 5.52 Å². The van der Waals surface area contributed by atoms with Crippen molar-refractivity contribution in [2.24, 2.45) is 0 Å². The van der Waals surface area contributed by atoms with Crippen LogP contribution in [-0.2, 0) is 4.74 Å². The van der Waals surface area contributed by atoms with E-state index in [1.807, 2.05) is 24.4 Å². The molecule has 0 aliphatic rings. The number of nitrogens with zero attached hydrogens (tertiary/aromatic N) is 2. The number of H-pyrrole nitrogens is 1. The first-order chi connectivity index (χ1) is 8.90. The van der Waals surface area contributed by atoms with E-state index in [9.17, 15) is 0 Å². The van der Waals surface area contributed by atoms with Gasteiger partial charge in [0.15, 0.2) is 5.82 Å². The number of aromatic nitrogens is 3. The minimum Gasteiger partial charge on any atom is -0.383 e. The maximum Gasteiger partial charge on any atom is 0.155 e. The van der Waals surface area contributed by atoms with Crippen LogP contribution >= 0.6 is 0 Å². The zero-order valence-corrected chi connectivity index (χ0v) is 10.1. The number of benzene rings is 1. The summed E-state index contributed by atoms with van der Waals surface area (Å²) < 4.78 is 5.03. The zero-order chi connectivity index (χ0) is 12.4. The van der Waals surface area contributed by atoms with Crippen LogP contribution in [0.15, 0.2) is 30.5 Å². The van der Waals surface area contributed by atoms with Crippen molar-refractivity contribution in [2.75, 3.05) is 25.6 Å². The van der Waals surface area contributed by atoms with Crippen LogP contribution in [0.2, 0.25) is 0 Å². The fraction of sp³-hybridized carbons (Fsp3) is 0.231. The molecule has 2 aromatic heterocycles. The Morgan fingerprint density at radius 3 is 3.06 bits per heavy atom. The lowest BCUT2D eigenvalue weighted by molar-refractivity contribution is 0.210. The highest BCUT2D eigenvalue weighted by Crippen LogP contribution is 2.26. The molecule has 3 rings (SSSR count). The standard InChI is InChI=1S/C13H14N4O/c1-18-7-6-14-13-12-10(8-15-17-12)9-4-2-3-5-11(9)16-13/h2-5,8H,6-7H2,1H3,(H,14,16)(H,15,17). The number of methoxy groups -OCH3 is 1. The molecule has 0 aliphatic carbocycles. The Labute approximate surface area is 104 Å². The summed E-state index contributed by atoms with van der Waals surface area (Å²) in [6, 6.07) is 8.05. The second-order valence-electron chi connectivity index (χ2n) is 4.04. The monoisotopic (exact) mass is 242 g/mol. The third-order valence-corrected chi connectivity index (χ3v) is 2.89. The summed E-state index contributed by atoms with van der Waals surface area (Å²) in [6.07, 6.45) is 1.90. The van der Waals surface area contributed by atoms with Crippen LogP contribution in [0.1, 0.15) is 0 Å². The minimum absolute atomic E-state index is 0.639. The van der Waals surface area contributed by atoms with Crippen LogP contribution in [0.4, 0.5) is 5.82 Å².